The molecule has 0 spiro atoms. The van der Waals surface area contributed by atoms with E-state index in [9.17, 15) is 0 Å². The third kappa shape index (κ3) is 2.29. The molecule has 3 rings (SSSR count). The Kier molecular flexibility index (Phi) is 3.23. The maximum Gasteiger partial charge on any atom is 0.143 e. The summed E-state index contributed by atoms with van der Waals surface area (Å²) in [5.41, 5.74) is 2.76. The molecule has 1 heterocycles. The van der Waals surface area contributed by atoms with Crippen LogP contribution in [0.4, 0.5) is 0 Å². The molecule has 0 unspecified atom stereocenters. The molecule has 0 amide bonds. The van der Waals surface area contributed by atoms with E-state index in [0.29, 0.717) is 21.6 Å². The Balaban J connectivity index is 1.87. The Morgan fingerprint density at radius 3 is 2.95 bits per heavy atom. The van der Waals surface area contributed by atoms with Crippen LogP contribution in [0.25, 0.3) is 11.0 Å². The van der Waals surface area contributed by atoms with E-state index in [-0.39, 0.29) is 6.61 Å². The van der Waals surface area contributed by atoms with Crippen LogP contribution in [0.1, 0.15) is 11.1 Å². The van der Waals surface area contributed by atoms with Crippen molar-refractivity contribution in [1.82, 2.24) is 15.2 Å². The van der Waals surface area contributed by atoms with Gasteiger partial charge in [-0.25, -0.2) is 0 Å². The van der Waals surface area contributed by atoms with E-state index in [0.717, 1.165) is 5.56 Å². The quantitative estimate of drug-likeness (QED) is 0.741. The van der Waals surface area contributed by atoms with Crippen molar-refractivity contribution < 1.29 is 4.84 Å². The third-order valence-electron chi connectivity index (χ3n) is 2.86. The molecule has 98 valence electrons. The van der Waals surface area contributed by atoms with Crippen LogP contribution in [0.2, 0.25) is 5.02 Å². The number of hydrogen-bond acceptors (Lipinski definition) is 4. The molecule has 0 saturated carbocycles. The second-order valence-electron chi connectivity index (χ2n) is 4.14. The van der Waals surface area contributed by atoms with E-state index in [1.165, 1.54) is 4.85 Å². The zero-order valence-corrected chi connectivity index (χ0v) is 11.1. The average molecular weight is 285 g/mol. The highest BCUT2D eigenvalue weighted by Crippen LogP contribution is 2.17. The molecule has 0 aliphatic rings. The summed E-state index contributed by atoms with van der Waals surface area (Å²) >= 11 is 5.94. The highest BCUT2D eigenvalue weighted by molar-refractivity contribution is 6.31. The van der Waals surface area contributed by atoms with E-state index < -0.39 is 0 Å². The molecule has 0 atom stereocenters. The third-order valence-corrected chi connectivity index (χ3v) is 3.09. The fraction of sp³-hybridized carbons (Fsp3) is 0.0714. The second-order valence-corrected chi connectivity index (χ2v) is 4.57. The number of hydrogen-bond donors (Lipinski definition) is 0. The van der Waals surface area contributed by atoms with Crippen molar-refractivity contribution >= 4 is 22.6 Å². The van der Waals surface area contributed by atoms with E-state index in [1.807, 2.05) is 18.2 Å². The van der Waals surface area contributed by atoms with Crippen molar-refractivity contribution in [3.8, 4) is 6.07 Å². The molecule has 0 fully saturated rings. The normalized spacial score (nSPS) is 10.4. The molecule has 0 aliphatic carbocycles. The summed E-state index contributed by atoms with van der Waals surface area (Å²) in [4.78, 5) is 6.89. The number of nitriles is 1. The van der Waals surface area contributed by atoms with Crippen LogP contribution < -0.4 is 4.84 Å². The number of fused-ring (bicyclic) bond motifs is 1. The van der Waals surface area contributed by atoms with Crippen molar-refractivity contribution in [2.24, 2.45) is 0 Å². The zero-order valence-electron chi connectivity index (χ0n) is 10.3. The monoisotopic (exact) mass is 284 g/mol. The first-order valence-corrected chi connectivity index (χ1v) is 6.28. The van der Waals surface area contributed by atoms with E-state index >= 15 is 0 Å². The maximum absolute atomic E-state index is 9.03. The zero-order chi connectivity index (χ0) is 13.9. The minimum absolute atomic E-state index is 0.231. The van der Waals surface area contributed by atoms with Crippen LogP contribution in [0.5, 0.6) is 0 Å². The first kappa shape index (κ1) is 12.5. The van der Waals surface area contributed by atoms with Gasteiger partial charge in [-0.05, 0) is 29.5 Å². The minimum Gasteiger partial charge on any atom is -0.390 e. The first-order chi connectivity index (χ1) is 9.78. The van der Waals surface area contributed by atoms with Gasteiger partial charge in [-0.15, -0.1) is 5.10 Å². The summed E-state index contributed by atoms with van der Waals surface area (Å²) in [6, 6.07) is 14.6. The van der Waals surface area contributed by atoms with Crippen LogP contribution in [0, 0.1) is 11.3 Å². The molecule has 0 bridgehead atoms. The van der Waals surface area contributed by atoms with Crippen LogP contribution in [0.15, 0.2) is 42.5 Å². The summed E-state index contributed by atoms with van der Waals surface area (Å²) in [6.45, 7) is 0.231. The second kappa shape index (κ2) is 5.19. The molecule has 0 saturated heterocycles. The number of aromatic nitrogens is 3. The predicted octanol–water partition coefficient (Wildman–Crippen LogP) is 2.59. The fourth-order valence-corrected chi connectivity index (χ4v) is 2.02. The average Bonchev–Trinajstić information content (AvgIpc) is 2.87. The molecule has 6 heteroatoms. The largest absolute Gasteiger partial charge is 0.390 e. The van der Waals surface area contributed by atoms with Gasteiger partial charge in [0.15, 0.2) is 0 Å². The Morgan fingerprint density at radius 2 is 2.10 bits per heavy atom. The van der Waals surface area contributed by atoms with Crippen molar-refractivity contribution in [2.45, 2.75) is 6.61 Å². The predicted molar refractivity (Wildman–Crippen MR) is 74.0 cm³/mol. The van der Waals surface area contributed by atoms with Gasteiger partial charge in [-0.1, -0.05) is 34.6 Å². The topological polar surface area (TPSA) is 63.7 Å². The maximum atomic E-state index is 9.03. The number of benzene rings is 2. The van der Waals surface area contributed by atoms with Crippen LogP contribution >= 0.6 is 11.6 Å². The Labute approximate surface area is 119 Å². The summed E-state index contributed by atoms with van der Waals surface area (Å²) in [7, 11) is 0. The molecular weight excluding hydrogens is 276 g/mol. The van der Waals surface area contributed by atoms with E-state index in [4.69, 9.17) is 21.7 Å². The lowest BCUT2D eigenvalue weighted by atomic mass is 10.1. The summed E-state index contributed by atoms with van der Waals surface area (Å²) in [5, 5.41) is 17.5. The summed E-state index contributed by atoms with van der Waals surface area (Å²) in [5.74, 6) is 0. The smallest absolute Gasteiger partial charge is 0.143 e. The van der Waals surface area contributed by atoms with E-state index in [1.54, 1.807) is 24.3 Å². The minimum atomic E-state index is 0.231. The van der Waals surface area contributed by atoms with Gasteiger partial charge < -0.3 is 4.84 Å². The lowest BCUT2D eigenvalue weighted by Gasteiger charge is -2.06. The molecule has 20 heavy (non-hydrogen) atoms. The van der Waals surface area contributed by atoms with Crippen LogP contribution in [-0.2, 0) is 6.61 Å². The molecule has 0 radical (unpaired) electrons. The van der Waals surface area contributed by atoms with Gasteiger partial charge in [0.25, 0.3) is 0 Å². The Hall–Kier alpha value is -2.58. The number of nitrogens with zero attached hydrogens (tertiary/aromatic N) is 4. The van der Waals surface area contributed by atoms with Gasteiger partial charge in [0, 0.05) is 10.6 Å². The molecule has 0 aliphatic heterocycles. The van der Waals surface area contributed by atoms with Crippen molar-refractivity contribution in [2.75, 3.05) is 0 Å². The van der Waals surface area contributed by atoms with Gasteiger partial charge in [0.2, 0.25) is 0 Å². The molecule has 0 N–H and O–H groups in total. The highest BCUT2D eigenvalue weighted by Gasteiger charge is 2.07. The first-order valence-electron chi connectivity index (χ1n) is 5.90. The standard InChI is InChI=1S/C14H9ClN4O/c15-12-5-6-13-14(7-12)19(18-17-13)20-9-11-4-2-1-3-10(11)8-16/h1-7H,9H2. The van der Waals surface area contributed by atoms with Crippen LogP contribution in [0.3, 0.4) is 0 Å². The molecule has 1 aromatic heterocycles. The fourth-order valence-electron chi connectivity index (χ4n) is 1.85. The van der Waals surface area contributed by atoms with Gasteiger partial charge >= 0.3 is 0 Å². The SMILES string of the molecule is N#Cc1ccccc1COn1nnc2ccc(Cl)cc21. The molecule has 2 aromatic carbocycles. The lowest BCUT2D eigenvalue weighted by molar-refractivity contribution is 0.0750. The van der Waals surface area contributed by atoms with Gasteiger partial charge in [0.1, 0.15) is 17.6 Å². The lowest BCUT2D eigenvalue weighted by Crippen LogP contribution is -2.13. The Morgan fingerprint density at radius 1 is 1.25 bits per heavy atom. The van der Waals surface area contributed by atoms with Gasteiger partial charge in [0.05, 0.1) is 11.6 Å². The van der Waals surface area contributed by atoms with Crippen molar-refractivity contribution in [1.29, 1.82) is 5.26 Å². The van der Waals surface area contributed by atoms with Crippen LogP contribution in [-0.4, -0.2) is 15.2 Å². The van der Waals surface area contributed by atoms with Gasteiger partial charge in [-0.2, -0.15) is 5.26 Å². The summed E-state index contributed by atoms with van der Waals surface area (Å²) in [6.07, 6.45) is 0. The molecule has 3 aromatic rings. The molecular formula is C14H9ClN4O. The number of rotatable bonds is 3. The Bertz CT molecular complexity index is 806. The highest BCUT2D eigenvalue weighted by atomic mass is 35.5. The molecule has 5 nitrogen and oxygen atoms in total. The van der Waals surface area contributed by atoms with E-state index in [2.05, 4.69) is 16.4 Å². The van der Waals surface area contributed by atoms with Crippen molar-refractivity contribution in [3.63, 3.8) is 0 Å². The van der Waals surface area contributed by atoms with Crippen molar-refractivity contribution in [3.05, 3.63) is 58.6 Å². The van der Waals surface area contributed by atoms with Gasteiger partial charge in [-0.3, -0.25) is 0 Å². The number of halogens is 1. The summed E-state index contributed by atoms with van der Waals surface area (Å²) < 4.78 is 0.